The van der Waals surface area contributed by atoms with Crippen molar-refractivity contribution in [2.75, 3.05) is 14.2 Å². The summed E-state index contributed by atoms with van der Waals surface area (Å²) in [5.41, 5.74) is 0.461. The Labute approximate surface area is 172 Å². The minimum atomic E-state index is -0.849. The number of rotatable bonds is 6. The van der Waals surface area contributed by atoms with Gasteiger partial charge in [-0.15, -0.1) is 0 Å². The largest absolute Gasteiger partial charge is 0.487 e. The van der Waals surface area contributed by atoms with Crippen molar-refractivity contribution in [1.82, 2.24) is 0 Å². The molecule has 0 saturated heterocycles. The van der Waals surface area contributed by atoms with Crippen LogP contribution in [-0.2, 0) is 25.7 Å². The molecule has 27 heavy (non-hydrogen) atoms. The molecule has 0 aromatic heterocycles. The summed E-state index contributed by atoms with van der Waals surface area (Å²) in [7, 11) is 2.32. The van der Waals surface area contributed by atoms with Crippen molar-refractivity contribution in [3.8, 4) is 5.75 Å². The van der Waals surface area contributed by atoms with E-state index >= 15 is 0 Å². The van der Waals surface area contributed by atoms with E-state index in [9.17, 15) is 14.0 Å². The van der Waals surface area contributed by atoms with E-state index in [4.69, 9.17) is 4.74 Å². The fourth-order valence-corrected chi connectivity index (χ4v) is 3.55. The standard InChI is InChI=1S/C19H15Br2FO5/c1-25-18(23)14(19(24)26-2)8-12-7-13(20)9-15(21)17(12)27-10-11-5-3-4-6-16(11)22/h3-9H,10H2,1-2H3. The summed E-state index contributed by atoms with van der Waals surface area (Å²) in [5.74, 6) is -1.77. The van der Waals surface area contributed by atoms with Crippen molar-refractivity contribution in [3.63, 3.8) is 0 Å². The van der Waals surface area contributed by atoms with Crippen LogP contribution in [0.25, 0.3) is 6.08 Å². The van der Waals surface area contributed by atoms with Gasteiger partial charge in [0, 0.05) is 15.6 Å². The van der Waals surface area contributed by atoms with Crippen molar-refractivity contribution in [1.29, 1.82) is 0 Å². The molecule has 8 heteroatoms. The van der Waals surface area contributed by atoms with E-state index in [2.05, 4.69) is 41.3 Å². The van der Waals surface area contributed by atoms with Crippen LogP contribution in [0, 0.1) is 5.82 Å². The molecule has 0 aliphatic rings. The number of methoxy groups -OCH3 is 2. The molecule has 142 valence electrons. The van der Waals surface area contributed by atoms with Crippen LogP contribution in [0.4, 0.5) is 4.39 Å². The highest BCUT2D eigenvalue weighted by molar-refractivity contribution is 9.11. The molecule has 0 aliphatic carbocycles. The van der Waals surface area contributed by atoms with E-state index in [1.165, 1.54) is 12.1 Å². The van der Waals surface area contributed by atoms with Crippen molar-refractivity contribution in [2.45, 2.75) is 6.61 Å². The first-order valence-electron chi connectivity index (χ1n) is 7.61. The summed E-state index contributed by atoms with van der Waals surface area (Å²) >= 11 is 6.72. The van der Waals surface area contributed by atoms with Gasteiger partial charge in [0.05, 0.1) is 18.7 Å². The molecule has 2 rings (SSSR count). The number of hydrogen-bond acceptors (Lipinski definition) is 5. The van der Waals surface area contributed by atoms with E-state index in [-0.39, 0.29) is 12.2 Å². The zero-order valence-corrected chi connectivity index (χ0v) is 17.6. The van der Waals surface area contributed by atoms with E-state index in [1.807, 2.05) is 0 Å². The van der Waals surface area contributed by atoms with Crippen LogP contribution < -0.4 is 4.74 Å². The lowest BCUT2D eigenvalue weighted by Gasteiger charge is -2.13. The molecule has 5 nitrogen and oxygen atoms in total. The number of hydrogen-bond donors (Lipinski definition) is 0. The summed E-state index contributed by atoms with van der Waals surface area (Å²) < 4.78 is 30.1. The maximum atomic E-state index is 13.8. The monoisotopic (exact) mass is 500 g/mol. The summed E-state index contributed by atoms with van der Waals surface area (Å²) in [5, 5.41) is 0. The highest BCUT2D eigenvalue weighted by Crippen LogP contribution is 2.35. The van der Waals surface area contributed by atoms with Gasteiger partial charge in [-0.05, 0) is 40.2 Å². The van der Waals surface area contributed by atoms with Crippen LogP contribution in [0.15, 0.2) is 50.9 Å². The fraction of sp³-hybridized carbons (Fsp3) is 0.158. The Hall–Kier alpha value is -2.19. The average molecular weight is 502 g/mol. The van der Waals surface area contributed by atoms with Gasteiger partial charge in [-0.25, -0.2) is 14.0 Å². The molecule has 0 spiro atoms. The van der Waals surface area contributed by atoms with Crippen molar-refractivity contribution in [3.05, 3.63) is 67.9 Å². The molecular weight excluding hydrogens is 487 g/mol. The SMILES string of the molecule is COC(=O)C(=Cc1cc(Br)cc(Br)c1OCc1ccccc1F)C(=O)OC. The molecule has 0 heterocycles. The average Bonchev–Trinajstić information content (AvgIpc) is 2.65. The second-order valence-electron chi connectivity index (χ2n) is 5.23. The van der Waals surface area contributed by atoms with Gasteiger partial charge >= 0.3 is 11.9 Å². The lowest BCUT2D eigenvalue weighted by molar-refractivity contribution is -0.143. The topological polar surface area (TPSA) is 61.8 Å². The van der Waals surface area contributed by atoms with Gasteiger partial charge in [-0.3, -0.25) is 0 Å². The quantitative estimate of drug-likeness (QED) is 0.249. The number of benzene rings is 2. The Morgan fingerprint density at radius 1 is 1.07 bits per heavy atom. The second kappa shape index (κ2) is 9.66. The highest BCUT2D eigenvalue weighted by Gasteiger charge is 2.21. The molecule has 0 amide bonds. The maximum absolute atomic E-state index is 13.8. The molecule has 0 aliphatic heterocycles. The van der Waals surface area contributed by atoms with Gasteiger partial charge in [-0.2, -0.15) is 0 Å². The first kappa shape index (κ1) is 21.1. The van der Waals surface area contributed by atoms with Gasteiger partial charge in [0.2, 0.25) is 0 Å². The minimum Gasteiger partial charge on any atom is -0.487 e. The minimum absolute atomic E-state index is 0.0421. The summed E-state index contributed by atoms with van der Waals surface area (Å²) in [6.45, 7) is -0.0421. The zero-order valence-electron chi connectivity index (χ0n) is 14.4. The molecule has 0 atom stereocenters. The smallest absolute Gasteiger partial charge is 0.345 e. The van der Waals surface area contributed by atoms with Gasteiger partial charge < -0.3 is 14.2 Å². The van der Waals surface area contributed by atoms with Gasteiger partial charge in [0.1, 0.15) is 23.7 Å². The Balaban J connectivity index is 2.46. The van der Waals surface area contributed by atoms with Crippen molar-refractivity contribution < 1.29 is 28.2 Å². The predicted octanol–water partition coefficient (Wildman–Crippen LogP) is 4.66. The number of esters is 2. The second-order valence-corrected chi connectivity index (χ2v) is 7.00. The zero-order chi connectivity index (χ0) is 20.0. The molecule has 2 aromatic carbocycles. The van der Waals surface area contributed by atoms with Crippen LogP contribution in [0.5, 0.6) is 5.75 Å². The third-order valence-corrected chi connectivity index (χ3v) is 4.52. The summed E-state index contributed by atoms with van der Waals surface area (Å²) in [4.78, 5) is 23.8. The van der Waals surface area contributed by atoms with Gasteiger partial charge in [0.25, 0.3) is 0 Å². The van der Waals surface area contributed by atoms with E-state index < -0.39 is 17.8 Å². The summed E-state index contributed by atoms with van der Waals surface area (Å²) in [6, 6.07) is 9.60. The fourth-order valence-electron chi connectivity index (χ4n) is 2.18. The molecule has 0 radical (unpaired) electrons. The van der Waals surface area contributed by atoms with E-state index in [0.29, 0.717) is 25.8 Å². The lowest BCUT2D eigenvalue weighted by atomic mass is 10.1. The highest BCUT2D eigenvalue weighted by atomic mass is 79.9. The number of carbonyl (C=O) groups is 2. The normalized spacial score (nSPS) is 10.1. The van der Waals surface area contributed by atoms with Crippen LogP contribution >= 0.6 is 31.9 Å². The first-order chi connectivity index (χ1) is 12.9. The molecule has 2 aromatic rings. The molecule has 0 N–H and O–H groups in total. The molecule has 0 bridgehead atoms. The van der Waals surface area contributed by atoms with Gasteiger partial charge in [-0.1, -0.05) is 34.1 Å². The summed E-state index contributed by atoms with van der Waals surface area (Å²) in [6.07, 6.45) is 1.30. The maximum Gasteiger partial charge on any atom is 0.345 e. The molecule has 0 saturated carbocycles. The van der Waals surface area contributed by atoms with E-state index in [0.717, 1.165) is 14.2 Å². The van der Waals surface area contributed by atoms with Crippen LogP contribution in [0.3, 0.4) is 0 Å². The van der Waals surface area contributed by atoms with E-state index in [1.54, 1.807) is 30.3 Å². The Bertz CT molecular complexity index is 878. The lowest BCUT2D eigenvalue weighted by Crippen LogP contribution is -2.15. The number of ether oxygens (including phenoxy) is 3. The molecule has 0 fully saturated rings. The van der Waals surface area contributed by atoms with Crippen molar-refractivity contribution in [2.24, 2.45) is 0 Å². The number of carbonyl (C=O) groups excluding carboxylic acids is 2. The first-order valence-corrected chi connectivity index (χ1v) is 9.19. The van der Waals surface area contributed by atoms with Crippen molar-refractivity contribution >= 4 is 49.9 Å². The van der Waals surface area contributed by atoms with Gasteiger partial charge in [0.15, 0.2) is 0 Å². The van der Waals surface area contributed by atoms with Crippen LogP contribution in [0.2, 0.25) is 0 Å². The Morgan fingerprint density at radius 2 is 1.70 bits per heavy atom. The number of halogens is 3. The van der Waals surface area contributed by atoms with Crippen LogP contribution in [0.1, 0.15) is 11.1 Å². The molecule has 0 unspecified atom stereocenters. The third kappa shape index (κ3) is 5.40. The van der Waals surface area contributed by atoms with Crippen LogP contribution in [-0.4, -0.2) is 26.2 Å². The Morgan fingerprint density at radius 3 is 2.30 bits per heavy atom. The predicted molar refractivity (Wildman–Crippen MR) is 105 cm³/mol. The Kier molecular flexibility index (Phi) is 7.55. The molecular formula is C19H15Br2FO5. The third-order valence-electron chi connectivity index (χ3n) is 3.48.